The number of amides is 1. The van der Waals surface area contributed by atoms with Gasteiger partial charge in [0.25, 0.3) is 5.91 Å². The lowest BCUT2D eigenvalue weighted by Crippen LogP contribution is -2.37. The monoisotopic (exact) mass is 546 g/mol. The summed E-state index contributed by atoms with van der Waals surface area (Å²) in [5.74, 6) is 1.33. The van der Waals surface area contributed by atoms with Gasteiger partial charge in [0, 0.05) is 42.7 Å². The first-order chi connectivity index (χ1) is 20.0. The predicted molar refractivity (Wildman–Crippen MR) is 162 cm³/mol. The van der Waals surface area contributed by atoms with Crippen LogP contribution in [-0.4, -0.2) is 38.9 Å². The molecule has 210 valence electrons. The minimum Gasteiger partial charge on any atom is -0.345 e. The van der Waals surface area contributed by atoms with Crippen LogP contribution in [0.2, 0.25) is 0 Å². The average molecular weight is 547 g/mol. The van der Waals surface area contributed by atoms with Crippen LogP contribution >= 0.6 is 0 Å². The molecule has 2 aliphatic rings. The Kier molecular flexibility index (Phi) is 7.77. The SMILES string of the molecule is CC1CCN(c2ncc(C(=O)N[C@@H](C)c3cccc(-c4cncnc4)c3)c(C3(c4ccccc4)CCCC3)n2)CC1. The Labute approximate surface area is 242 Å². The normalized spacial score (nSPS) is 17.8. The lowest BCUT2D eigenvalue weighted by molar-refractivity contribution is 0.0936. The van der Waals surface area contributed by atoms with Gasteiger partial charge in [-0.1, -0.05) is 68.3 Å². The number of aromatic nitrogens is 4. The standard InChI is InChI=1S/C34H38N6O/c1-24-13-17-40(18-14-24)33-37-22-30(31(39-33)34(15-6-7-16-34)29-11-4-3-5-12-29)32(41)38-25(2)26-9-8-10-27(19-26)28-20-35-23-36-21-28/h3-5,8-12,19-25H,6-7,13-18H2,1-2H3,(H,38,41)/t25-/m0/s1. The van der Waals surface area contributed by atoms with Gasteiger partial charge in [-0.3, -0.25) is 4.79 Å². The van der Waals surface area contributed by atoms with Gasteiger partial charge >= 0.3 is 0 Å². The summed E-state index contributed by atoms with van der Waals surface area (Å²) in [7, 11) is 0. The summed E-state index contributed by atoms with van der Waals surface area (Å²) in [5, 5.41) is 3.26. The van der Waals surface area contributed by atoms with Crippen molar-refractivity contribution in [3.8, 4) is 11.1 Å². The fourth-order valence-electron chi connectivity index (χ4n) is 6.46. The molecule has 7 heteroatoms. The van der Waals surface area contributed by atoms with Crippen LogP contribution in [-0.2, 0) is 5.41 Å². The van der Waals surface area contributed by atoms with Crippen LogP contribution in [0.3, 0.4) is 0 Å². The molecule has 1 amide bonds. The molecule has 2 aromatic heterocycles. The fourth-order valence-corrected chi connectivity index (χ4v) is 6.46. The molecule has 2 aromatic carbocycles. The summed E-state index contributed by atoms with van der Waals surface area (Å²) in [6.45, 7) is 6.23. The van der Waals surface area contributed by atoms with Crippen LogP contribution in [0.25, 0.3) is 11.1 Å². The van der Waals surface area contributed by atoms with Crippen molar-refractivity contribution < 1.29 is 4.79 Å². The highest BCUT2D eigenvalue weighted by molar-refractivity contribution is 5.96. The maximum atomic E-state index is 14.0. The number of carbonyl (C=O) groups is 1. The van der Waals surface area contributed by atoms with Crippen molar-refractivity contribution in [2.75, 3.05) is 18.0 Å². The summed E-state index contributed by atoms with van der Waals surface area (Å²) in [6.07, 6.45) is 13.3. The van der Waals surface area contributed by atoms with E-state index in [1.165, 1.54) is 11.9 Å². The molecule has 0 spiro atoms. The van der Waals surface area contributed by atoms with E-state index in [-0.39, 0.29) is 17.4 Å². The molecular weight excluding hydrogens is 508 g/mol. The van der Waals surface area contributed by atoms with Crippen LogP contribution in [0, 0.1) is 5.92 Å². The second-order valence-electron chi connectivity index (χ2n) is 11.7. The van der Waals surface area contributed by atoms with Crippen LogP contribution in [0.5, 0.6) is 0 Å². The van der Waals surface area contributed by atoms with E-state index in [1.807, 2.05) is 25.1 Å². The van der Waals surface area contributed by atoms with E-state index >= 15 is 0 Å². The highest BCUT2D eigenvalue weighted by Crippen LogP contribution is 2.47. The molecule has 1 aliphatic carbocycles. The zero-order valence-corrected chi connectivity index (χ0v) is 24.0. The van der Waals surface area contributed by atoms with E-state index < -0.39 is 0 Å². The van der Waals surface area contributed by atoms with Gasteiger partial charge < -0.3 is 10.2 Å². The Hall–Kier alpha value is -4.13. The molecule has 2 fully saturated rings. The lowest BCUT2D eigenvalue weighted by atomic mass is 9.74. The third-order valence-electron chi connectivity index (χ3n) is 8.95. The molecule has 3 heterocycles. The Bertz CT molecular complexity index is 1480. The van der Waals surface area contributed by atoms with Gasteiger partial charge in [0.05, 0.1) is 17.3 Å². The van der Waals surface area contributed by atoms with Crippen molar-refractivity contribution in [1.29, 1.82) is 0 Å². The van der Waals surface area contributed by atoms with Crippen molar-refractivity contribution in [2.24, 2.45) is 5.92 Å². The number of hydrogen-bond donors (Lipinski definition) is 1. The summed E-state index contributed by atoms with van der Waals surface area (Å²) >= 11 is 0. The number of anilines is 1. The molecule has 1 saturated carbocycles. The molecule has 0 bridgehead atoms. The Balaban J connectivity index is 1.35. The zero-order chi connectivity index (χ0) is 28.2. The number of nitrogens with one attached hydrogen (secondary N) is 1. The van der Waals surface area contributed by atoms with Gasteiger partial charge in [-0.15, -0.1) is 0 Å². The summed E-state index contributed by atoms with van der Waals surface area (Å²) in [5.41, 5.74) is 5.34. The fraction of sp³-hybridized carbons (Fsp3) is 0.382. The molecule has 7 nitrogen and oxygen atoms in total. The highest BCUT2D eigenvalue weighted by Gasteiger charge is 2.42. The number of carbonyl (C=O) groups excluding carboxylic acids is 1. The Morgan fingerprint density at radius 3 is 2.41 bits per heavy atom. The van der Waals surface area contributed by atoms with Crippen molar-refractivity contribution in [3.05, 3.63) is 102 Å². The van der Waals surface area contributed by atoms with Gasteiger partial charge in [0.15, 0.2) is 0 Å². The molecule has 1 aliphatic heterocycles. The summed E-state index contributed by atoms with van der Waals surface area (Å²) in [6, 6.07) is 18.6. The topological polar surface area (TPSA) is 83.9 Å². The van der Waals surface area contributed by atoms with Crippen LogP contribution < -0.4 is 10.2 Å². The first-order valence-electron chi connectivity index (χ1n) is 14.9. The second-order valence-corrected chi connectivity index (χ2v) is 11.7. The van der Waals surface area contributed by atoms with E-state index in [1.54, 1.807) is 18.6 Å². The largest absolute Gasteiger partial charge is 0.345 e. The van der Waals surface area contributed by atoms with Gasteiger partial charge in [-0.2, -0.15) is 0 Å². The smallest absolute Gasteiger partial charge is 0.255 e. The highest BCUT2D eigenvalue weighted by atomic mass is 16.1. The quantitative estimate of drug-likeness (QED) is 0.284. The van der Waals surface area contributed by atoms with Crippen molar-refractivity contribution in [3.63, 3.8) is 0 Å². The molecule has 1 saturated heterocycles. The second kappa shape index (κ2) is 11.8. The maximum Gasteiger partial charge on any atom is 0.255 e. The van der Waals surface area contributed by atoms with E-state index in [4.69, 9.17) is 9.97 Å². The first kappa shape index (κ1) is 27.1. The third-order valence-corrected chi connectivity index (χ3v) is 8.95. The van der Waals surface area contributed by atoms with E-state index in [0.29, 0.717) is 5.56 Å². The average Bonchev–Trinajstić information content (AvgIpc) is 3.53. The van der Waals surface area contributed by atoms with Gasteiger partial charge in [-0.05, 0) is 61.3 Å². The van der Waals surface area contributed by atoms with Gasteiger partial charge in [0.2, 0.25) is 5.95 Å². The van der Waals surface area contributed by atoms with Gasteiger partial charge in [0.1, 0.15) is 6.33 Å². The van der Waals surface area contributed by atoms with Gasteiger partial charge in [-0.25, -0.2) is 19.9 Å². The molecule has 1 N–H and O–H groups in total. The molecule has 1 atom stereocenters. The van der Waals surface area contributed by atoms with E-state index in [9.17, 15) is 4.79 Å². The maximum absolute atomic E-state index is 14.0. The Morgan fingerprint density at radius 1 is 0.951 bits per heavy atom. The van der Waals surface area contributed by atoms with E-state index in [2.05, 4.69) is 63.5 Å². The van der Waals surface area contributed by atoms with Crippen LogP contribution in [0.4, 0.5) is 5.95 Å². The van der Waals surface area contributed by atoms with Crippen molar-refractivity contribution in [1.82, 2.24) is 25.3 Å². The number of nitrogens with zero attached hydrogens (tertiary/aromatic N) is 5. The molecule has 0 unspecified atom stereocenters. The number of piperidine rings is 1. The minimum atomic E-state index is -0.300. The number of rotatable bonds is 7. The minimum absolute atomic E-state index is 0.137. The van der Waals surface area contributed by atoms with E-state index in [0.717, 1.165) is 85.9 Å². The predicted octanol–water partition coefficient (Wildman–Crippen LogP) is 6.52. The molecule has 0 radical (unpaired) electrons. The van der Waals surface area contributed by atoms with Crippen molar-refractivity contribution >= 4 is 11.9 Å². The summed E-state index contributed by atoms with van der Waals surface area (Å²) in [4.78, 5) is 34.7. The van der Waals surface area contributed by atoms with Crippen molar-refractivity contribution in [2.45, 2.75) is 63.8 Å². The molecule has 4 aromatic rings. The Morgan fingerprint density at radius 2 is 1.68 bits per heavy atom. The van der Waals surface area contributed by atoms with Crippen LogP contribution in [0.1, 0.15) is 85.6 Å². The lowest BCUT2D eigenvalue weighted by Gasteiger charge is -2.34. The number of benzene rings is 2. The zero-order valence-electron chi connectivity index (χ0n) is 24.0. The third kappa shape index (κ3) is 5.58. The molecular formula is C34H38N6O. The van der Waals surface area contributed by atoms with Crippen LogP contribution in [0.15, 0.2) is 79.5 Å². The molecule has 41 heavy (non-hydrogen) atoms. The molecule has 6 rings (SSSR count). The summed E-state index contributed by atoms with van der Waals surface area (Å²) < 4.78 is 0. The first-order valence-corrected chi connectivity index (χ1v) is 14.9. The number of hydrogen-bond acceptors (Lipinski definition) is 6.